The van der Waals surface area contributed by atoms with E-state index in [0.29, 0.717) is 6.04 Å². The van der Waals surface area contributed by atoms with Crippen LogP contribution in [0, 0.1) is 5.92 Å². The first-order chi connectivity index (χ1) is 9.36. The fourth-order valence-corrected chi connectivity index (χ4v) is 2.52. The molecule has 1 N–H and O–H groups in total. The second-order valence-corrected chi connectivity index (χ2v) is 5.15. The summed E-state index contributed by atoms with van der Waals surface area (Å²) in [4.78, 5) is 8.53. The van der Waals surface area contributed by atoms with Gasteiger partial charge in [0, 0.05) is 30.8 Å². The van der Waals surface area contributed by atoms with Gasteiger partial charge in [-0.2, -0.15) is 0 Å². The molecule has 0 radical (unpaired) electrons. The molecule has 1 aliphatic rings. The van der Waals surface area contributed by atoms with Crippen LogP contribution in [0.1, 0.15) is 37.2 Å². The van der Waals surface area contributed by atoms with Gasteiger partial charge in [0.1, 0.15) is 5.82 Å². The third-order valence-electron chi connectivity index (χ3n) is 3.59. The molecule has 4 nitrogen and oxygen atoms in total. The maximum Gasteiger partial charge on any atom is 0.147 e. The molecule has 0 bridgehead atoms. The Morgan fingerprint density at radius 1 is 1.37 bits per heavy atom. The second-order valence-electron chi connectivity index (χ2n) is 5.15. The quantitative estimate of drug-likeness (QED) is 0.863. The maximum atomic E-state index is 4.26. The van der Waals surface area contributed by atoms with Gasteiger partial charge in [-0.25, -0.2) is 9.97 Å². The summed E-state index contributed by atoms with van der Waals surface area (Å²) in [5, 5.41) is 3.59. The molecule has 1 atom stereocenters. The fourth-order valence-electron chi connectivity index (χ4n) is 2.52. The van der Waals surface area contributed by atoms with Crippen molar-refractivity contribution in [1.29, 1.82) is 0 Å². The summed E-state index contributed by atoms with van der Waals surface area (Å²) in [5.74, 6) is 1.68. The highest BCUT2D eigenvalue weighted by Crippen LogP contribution is 2.40. The molecule has 2 aromatic heterocycles. The van der Waals surface area contributed by atoms with E-state index in [0.717, 1.165) is 24.8 Å². The van der Waals surface area contributed by atoms with Gasteiger partial charge >= 0.3 is 0 Å². The van der Waals surface area contributed by atoms with Gasteiger partial charge < -0.3 is 9.88 Å². The Bertz CT molecular complexity index is 516. The van der Waals surface area contributed by atoms with Crippen molar-refractivity contribution in [2.75, 3.05) is 6.54 Å². The van der Waals surface area contributed by atoms with Crippen LogP contribution >= 0.6 is 0 Å². The van der Waals surface area contributed by atoms with Crippen molar-refractivity contribution < 1.29 is 0 Å². The number of nitrogens with zero attached hydrogens (tertiary/aromatic N) is 3. The van der Waals surface area contributed by atoms with E-state index in [1.54, 1.807) is 12.4 Å². The van der Waals surface area contributed by atoms with Crippen LogP contribution in [0.3, 0.4) is 0 Å². The summed E-state index contributed by atoms with van der Waals surface area (Å²) >= 11 is 0. The normalized spacial score (nSPS) is 16.5. The number of hydrogen-bond acceptors (Lipinski definition) is 3. The van der Waals surface area contributed by atoms with Crippen molar-refractivity contribution in [3.63, 3.8) is 0 Å². The zero-order chi connectivity index (χ0) is 13.1. The molecule has 3 rings (SSSR count). The SMILES string of the molecule is CCNC(c1ccn(Cc2ncccn2)c1)C1CC1. The molecule has 19 heavy (non-hydrogen) atoms. The lowest BCUT2D eigenvalue weighted by molar-refractivity contribution is 0.495. The lowest BCUT2D eigenvalue weighted by Gasteiger charge is -2.15. The molecule has 1 saturated carbocycles. The Morgan fingerprint density at radius 3 is 2.84 bits per heavy atom. The predicted octanol–water partition coefficient (Wildman–Crippen LogP) is 2.39. The number of aromatic nitrogens is 3. The highest BCUT2D eigenvalue weighted by Gasteiger charge is 2.31. The van der Waals surface area contributed by atoms with E-state index in [1.807, 2.05) is 6.07 Å². The van der Waals surface area contributed by atoms with E-state index in [4.69, 9.17) is 0 Å². The second kappa shape index (κ2) is 5.53. The molecule has 0 amide bonds. The average Bonchev–Trinajstić information content (AvgIpc) is 3.17. The highest BCUT2D eigenvalue weighted by atomic mass is 15.0. The lowest BCUT2D eigenvalue weighted by atomic mass is 10.1. The minimum Gasteiger partial charge on any atom is -0.346 e. The van der Waals surface area contributed by atoms with Crippen LogP contribution < -0.4 is 5.32 Å². The third kappa shape index (κ3) is 3.01. The monoisotopic (exact) mass is 256 g/mol. The van der Waals surface area contributed by atoms with Gasteiger partial charge in [0.2, 0.25) is 0 Å². The minimum absolute atomic E-state index is 0.517. The Kier molecular flexibility index (Phi) is 3.60. The van der Waals surface area contributed by atoms with Crippen LogP contribution in [-0.2, 0) is 6.54 Å². The van der Waals surface area contributed by atoms with Crippen LogP contribution in [-0.4, -0.2) is 21.1 Å². The van der Waals surface area contributed by atoms with Crippen molar-refractivity contribution in [2.24, 2.45) is 5.92 Å². The molecule has 0 spiro atoms. The van der Waals surface area contributed by atoms with Crippen LogP contribution in [0.25, 0.3) is 0 Å². The van der Waals surface area contributed by atoms with Crippen molar-refractivity contribution >= 4 is 0 Å². The average molecular weight is 256 g/mol. The summed E-state index contributed by atoms with van der Waals surface area (Å²) < 4.78 is 2.16. The van der Waals surface area contributed by atoms with Gasteiger partial charge in [-0.05, 0) is 43.0 Å². The first kappa shape index (κ1) is 12.4. The predicted molar refractivity (Wildman–Crippen MR) is 74.7 cm³/mol. The Labute approximate surface area is 113 Å². The molecule has 2 aromatic rings. The molecule has 1 aliphatic carbocycles. The lowest BCUT2D eigenvalue weighted by Crippen LogP contribution is -2.22. The van der Waals surface area contributed by atoms with Gasteiger partial charge in [0.25, 0.3) is 0 Å². The largest absolute Gasteiger partial charge is 0.346 e. The van der Waals surface area contributed by atoms with Crippen molar-refractivity contribution in [3.05, 3.63) is 48.3 Å². The van der Waals surface area contributed by atoms with E-state index in [2.05, 4.69) is 45.2 Å². The van der Waals surface area contributed by atoms with Gasteiger partial charge in [0.05, 0.1) is 6.54 Å². The topological polar surface area (TPSA) is 42.7 Å². The van der Waals surface area contributed by atoms with E-state index in [9.17, 15) is 0 Å². The Morgan fingerprint density at radius 2 is 2.16 bits per heavy atom. The molecule has 100 valence electrons. The third-order valence-corrected chi connectivity index (χ3v) is 3.59. The van der Waals surface area contributed by atoms with Crippen LogP contribution in [0.15, 0.2) is 36.9 Å². The van der Waals surface area contributed by atoms with E-state index in [1.165, 1.54) is 18.4 Å². The number of rotatable bonds is 6. The van der Waals surface area contributed by atoms with Crippen molar-refractivity contribution in [2.45, 2.75) is 32.4 Å². The van der Waals surface area contributed by atoms with E-state index in [-0.39, 0.29) is 0 Å². The first-order valence-corrected chi connectivity index (χ1v) is 7.01. The molecular weight excluding hydrogens is 236 g/mol. The van der Waals surface area contributed by atoms with Gasteiger partial charge in [-0.1, -0.05) is 6.92 Å². The van der Waals surface area contributed by atoms with Gasteiger partial charge in [-0.3, -0.25) is 0 Å². The van der Waals surface area contributed by atoms with Crippen LogP contribution in [0.5, 0.6) is 0 Å². The molecule has 0 aromatic carbocycles. The van der Waals surface area contributed by atoms with Gasteiger partial charge in [0.15, 0.2) is 0 Å². The molecule has 4 heteroatoms. The van der Waals surface area contributed by atoms with Crippen LogP contribution in [0.4, 0.5) is 0 Å². The standard InChI is InChI=1S/C15H20N4/c1-2-16-15(12-4-5-12)13-6-9-19(10-13)11-14-17-7-3-8-18-14/h3,6-10,12,15-16H,2,4-5,11H2,1H3. The van der Waals surface area contributed by atoms with Crippen molar-refractivity contribution in [3.8, 4) is 0 Å². The van der Waals surface area contributed by atoms with Crippen molar-refractivity contribution in [1.82, 2.24) is 19.9 Å². The van der Waals surface area contributed by atoms with Crippen LogP contribution in [0.2, 0.25) is 0 Å². The molecule has 0 saturated heterocycles. The summed E-state index contributed by atoms with van der Waals surface area (Å²) in [6.07, 6.45) is 10.6. The smallest absolute Gasteiger partial charge is 0.147 e. The number of hydrogen-bond donors (Lipinski definition) is 1. The van der Waals surface area contributed by atoms with E-state index < -0.39 is 0 Å². The van der Waals surface area contributed by atoms with Gasteiger partial charge in [-0.15, -0.1) is 0 Å². The first-order valence-electron chi connectivity index (χ1n) is 7.01. The molecular formula is C15H20N4. The minimum atomic E-state index is 0.517. The summed E-state index contributed by atoms with van der Waals surface area (Å²) in [7, 11) is 0. The molecule has 2 heterocycles. The van der Waals surface area contributed by atoms with E-state index >= 15 is 0 Å². The molecule has 1 fully saturated rings. The molecule has 0 aliphatic heterocycles. The summed E-state index contributed by atoms with van der Waals surface area (Å²) in [6.45, 7) is 3.93. The number of nitrogens with one attached hydrogen (secondary N) is 1. The fraction of sp³-hybridized carbons (Fsp3) is 0.467. The maximum absolute atomic E-state index is 4.26. The summed E-state index contributed by atoms with van der Waals surface area (Å²) in [6, 6.07) is 4.58. The highest BCUT2D eigenvalue weighted by molar-refractivity contribution is 5.18. The Hall–Kier alpha value is -1.68. The zero-order valence-electron chi connectivity index (χ0n) is 11.3. The molecule has 1 unspecified atom stereocenters. The zero-order valence-corrected chi connectivity index (χ0v) is 11.3. The Balaban J connectivity index is 1.71. The summed E-state index contributed by atoms with van der Waals surface area (Å²) in [5.41, 5.74) is 1.39.